The zero-order valence-electron chi connectivity index (χ0n) is 18.0. The standard InChI is InChI=1S/C24H25FNO5P/c1-5-32(30,31)24(15(4)27,23(28)29)21-20(14(2)3)18-8-6-7-9-19(18)26-22(21)16-10-12-17(25)13-11-16/h5-15,27H,1H2,2-4H3,(H,28,29)(H,30,31). The third-order valence-electron chi connectivity index (χ3n) is 5.69. The highest BCUT2D eigenvalue weighted by Gasteiger charge is 2.60. The van der Waals surface area contributed by atoms with Crippen molar-refractivity contribution in [2.45, 2.75) is 37.9 Å². The number of pyridine rings is 1. The van der Waals surface area contributed by atoms with Crippen molar-refractivity contribution in [3.8, 4) is 11.3 Å². The Labute approximate surface area is 185 Å². The van der Waals surface area contributed by atoms with E-state index in [-0.39, 0.29) is 17.2 Å². The Morgan fingerprint density at radius 2 is 1.75 bits per heavy atom. The van der Waals surface area contributed by atoms with Crippen LogP contribution in [0.15, 0.2) is 60.9 Å². The average molecular weight is 457 g/mol. The first-order valence-corrected chi connectivity index (χ1v) is 11.8. The number of fused-ring (bicyclic) bond motifs is 1. The predicted molar refractivity (Wildman–Crippen MR) is 122 cm³/mol. The number of aliphatic hydroxyl groups is 1. The van der Waals surface area contributed by atoms with Crippen molar-refractivity contribution in [2.75, 3.05) is 0 Å². The first kappa shape index (κ1) is 23.8. The number of aliphatic carboxylic acids is 1. The molecule has 0 radical (unpaired) electrons. The fourth-order valence-corrected chi connectivity index (χ4v) is 5.89. The fraction of sp³-hybridized carbons (Fsp3) is 0.250. The molecule has 1 aromatic heterocycles. The van der Waals surface area contributed by atoms with Crippen LogP contribution in [0.2, 0.25) is 0 Å². The van der Waals surface area contributed by atoms with E-state index >= 15 is 0 Å². The van der Waals surface area contributed by atoms with E-state index < -0.39 is 30.4 Å². The minimum absolute atomic E-state index is 0.0777. The molecule has 6 nitrogen and oxygen atoms in total. The second-order valence-electron chi connectivity index (χ2n) is 7.98. The van der Waals surface area contributed by atoms with Crippen LogP contribution in [0.1, 0.15) is 37.8 Å². The molecule has 3 rings (SSSR count). The number of halogens is 1. The highest BCUT2D eigenvalue weighted by Crippen LogP contribution is 2.65. The van der Waals surface area contributed by atoms with Crippen LogP contribution in [0.3, 0.4) is 0 Å². The molecule has 0 saturated heterocycles. The number of nitrogens with zero attached hydrogens (tertiary/aromatic N) is 1. The van der Waals surface area contributed by atoms with Crippen LogP contribution in [-0.2, 0) is 14.5 Å². The zero-order valence-corrected chi connectivity index (χ0v) is 18.9. The summed E-state index contributed by atoms with van der Waals surface area (Å²) in [5, 5.41) is 19.1. The van der Waals surface area contributed by atoms with Gasteiger partial charge >= 0.3 is 5.97 Å². The van der Waals surface area contributed by atoms with Crippen LogP contribution in [0.25, 0.3) is 22.2 Å². The van der Waals surface area contributed by atoms with Crippen LogP contribution >= 0.6 is 7.37 Å². The second-order valence-corrected chi connectivity index (χ2v) is 10.3. The Morgan fingerprint density at radius 1 is 1.16 bits per heavy atom. The van der Waals surface area contributed by atoms with E-state index in [1.807, 2.05) is 13.8 Å². The van der Waals surface area contributed by atoms with Crippen molar-refractivity contribution in [3.63, 3.8) is 0 Å². The molecule has 3 N–H and O–H groups in total. The maximum Gasteiger partial charge on any atom is 0.327 e. The molecule has 0 amide bonds. The second kappa shape index (κ2) is 8.58. The van der Waals surface area contributed by atoms with Crippen LogP contribution in [0, 0.1) is 5.82 Å². The third-order valence-corrected chi connectivity index (χ3v) is 7.99. The highest BCUT2D eigenvalue weighted by atomic mass is 31.2. The fourth-order valence-electron chi connectivity index (χ4n) is 4.24. The summed E-state index contributed by atoms with van der Waals surface area (Å²) in [5.74, 6) is -1.80. The summed E-state index contributed by atoms with van der Waals surface area (Å²) < 4.78 is 27.1. The van der Waals surface area contributed by atoms with Gasteiger partial charge in [0.15, 0.2) is 5.16 Å². The SMILES string of the molecule is C=CP(=O)(O)C(C(=O)O)(c1c(-c2ccc(F)cc2)nc2ccccc2c1C(C)C)C(C)O. The molecule has 2 aromatic carbocycles. The monoisotopic (exact) mass is 457 g/mol. The molecule has 8 heteroatoms. The van der Waals surface area contributed by atoms with Crippen LogP contribution < -0.4 is 0 Å². The van der Waals surface area contributed by atoms with Gasteiger partial charge in [0.05, 0.1) is 17.3 Å². The Balaban J connectivity index is 2.69. The lowest BCUT2D eigenvalue weighted by Gasteiger charge is -2.38. The van der Waals surface area contributed by atoms with E-state index in [1.54, 1.807) is 24.3 Å². The normalized spacial score (nSPS) is 16.3. The van der Waals surface area contributed by atoms with E-state index in [0.29, 0.717) is 27.8 Å². The first-order valence-electron chi connectivity index (χ1n) is 10.1. The third kappa shape index (κ3) is 3.56. The molecule has 0 aliphatic heterocycles. The molecule has 3 unspecified atom stereocenters. The lowest BCUT2D eigenvalue weighted by Crippen LogP contribution is -2.46. The number of hydrogen-bond donors (Lipinski definition) is 3. The van der Waals surface area contributed by atoms with Crippen LogP contribution in [-0.4, -0.2) is 32.2 Å². The number of carbonyl (C=O) groups is 1. The van der Waals surface area contributed by atoms with E-state index in [9.17, 15) is 28.9 Å². The van der Waals surface area contributed by atoms with Crippen molar-refractivity contribution < 1.29 is 28.9 Å². The Hall–Kier alpha value is -2.86. The molecule has 0 fully saturated rings. The maximum atomic E-state index is 13.6. The largest absolute Gasteiger partial charge is 0.480 e. The Kier molecular flexibility index (Phi) is 6.38. The molecule has 168 valence electrons. The van der Waals surface area contributed by atoms with Gasteiger partial charge in [0, 0.05) is 16.5 Å². The lowest BCUT2D eigenvalue weighted by atomic mass is 9.80. The topological polar surface area (TPSA) is 108 Å². The van der Waals surface area contributed by atoms with Gasteiger partial charge in [-0.25, -0.2) is 9.37 Å². The van der Waals surface area contributed by atoms with Crippen molar-refractivity contribution in [1.29, 1.82) is 0 Å². The quantitative estimate of drug-likeness (QED) is 0.419. The minimum atomic E-state index is -4.75. The number of aliphatic hydroxyl groups excluding tert-OH is 1. The molecule has 0 bridgehead atoms. The number of benzene rings is 2. The molecular formula is C24H25FNO5P. The highest BCUT2D eigenvalue weighted by molar-refractivity contribution is 7.63. The molecule has 0 aliphatic carbocycles. The van der Waals surface area contributed by atoms with E-state index in [1.165, 1.54) is 24.3 Å². The summed E-state index contributed by atoms with van der Waals surface area (Å²) in [6.45, 7) is 8.19. The van der Waals surface area contributed by atoms with Gasteiger partial charge in [-0.3, -0.25) is 9.36 Å². The molecule has 0 saturated carbocycles. The minimum Gasteiger partial charge on any atom is -0.480 e. The van der Waals surface area contributed by atoms with Crippen molar-refractivity contribution in [1.82, 2.24) is 4.98 Å². The lowest BCUT2D eigenvalue weighted by molar-refractivity contribution is -0.143. The number of rotatable bonds is 7. The molecule has 0 aliphatic rings. The summed E-state index contributed by atoms with van der Waals surface area (Å²) in [4.78, 5) is 28.4. The zero-order chi connectivity index (χ0) is 23.8. The van der Waals surface area contributed by atoms with Crippen LogP contribution in [0.4, 0.5) is 4.39 Å². The van der Waals surface area contributed by atoms with Gasteiger partial charge in [-0.1, -0.05) is 38.6 Å². The summed E-state index contributed by atoms with van der Waals surface area (Å²) in [6, 6.07) is 12.3. The summed E-state index contributed by atoms with van der Waals surface area (Å²) >= 11 is 0. The summed E-state index contributed by atoms with van der Waals surface area (Å²) in [6.07, 6.45) is -1.78. The maximum absolute atomic E-state index is 13.6. The van der Waals surface area contributed by atoms with Crippen molar-refractivity contribution in [3.05, 3.63) is 77.9 Å². The smallest absolute Gasteiger partial charge is 0.327 e. The Bertz CT molecular complexity index is 1240. The number of para-hydroxylation sites is 1. The summed E-state index contributed by atoms with van der Waals surface area (Å²) in [5.41, 5.74) is 1.37. The number of carboxylic acids is 1. The number of hydrogen-bond acceptors (Lipinski definition) is 4. The van der Waals surface area contributed by atoms with E-state index in [2.05, 4.69) is 11.6 Å². The molecule has 3 aromatic rings. The van der Waals surface area contributed by atoms with Crippen molar-refractivity contribution in [2.24, 2.45) is 0 Å². The van der Waals surface area contributed by atoms with Gasteiger partial charge in [0.25, 0.3) is 0 Å². The van der Waals surface area contributed by atoms with Gasteiger partial charge in [-0.2, -0.15) is 0 Å². The predicted octanol–water partition coefficient (Wildman–Crippen LogP) is 5.24. The van der Waals surface area contributed by atoms with Crippen LogP contribution in [0.5, 0.6) is 0 Å². The van der Waals surface area contributed by atoms with Gasteiger partial charge < -0.3 is 15.1 Å². The van der Waals surface area contributed by atoms with Gasteiger partial charge in [-0.15, -0.1) is 0 Å². The molecule has 3 atom stereocenters. The van der Waals surface area contributed by atoms with Gasteiger partial charge in [0.2, 0.25) is 7.37 Å². The van der Waals surface area contributed by atoms with E-state index in [4.69, 9.17) is 0 Å². The number of carboxylic acid groups (broad SMARTS) is 1. The Morgan fingerprint density at radius 3 is 2.25 bits per heavy atom. The summed E-state index contributed by atoms with van der Waals surface area (Å²) in [7, 11) is -4.75. The average Bonchev–Trinajstić information content (AvgIpc) is 2.73. The van der Waals surface area contributed by atoms with Crippen molar-refractivity contribution >= 4 is 24.2 Å². The molecule has 1 heterocycles. The molecule has 32 heavy (non-hydrogen) atoms. The number of aromatic nitrogens is 1. The first-order chi connectivity index (χ1) is 15.0. The molecule has 0 spiro atoms. The molecular weight excluding hydrogens is 432 g/mol. The van der Waals surface area contributed by atoms with Gasteiger partial charge in [-0.05, 0) is 54.6 Å². The van der Waals surface area contributed by atoms with Gasteiger partial charge in [0.1, 0.15) is 5.82 Å². The van der Waals surface area contributed by atoms with E-state index in [0.717, 1.165) is 6.92 Å².